The highest BCUT2D eigenvalue weighted by Gasteiger charge is 2.60. The monoisotopic (exact) mass is 1040 g/mol. The Morgan fingerprint density at radius 3 is 2.32 bits per heavy atom. The van der Waals surface area contributed by atoms with Crippen LogP contribution in [0.3, 0.4) is 0 Å². The molecule has 12 nitrogen and oxygen atoms in total. The first-order chi connectivity index (χ1) is 37.4. The van der Waals surface area contributed by atoms with E-state index in [2.05, 4.69) is 41.7 Å². The molecule has 10 rings (SSSR count). The summed E-state index contributed by atoms with van der Waals surface area (Å²) >= 11 is 0. The number of phenolic OH excluding ortho intramolecular Hbond substituents is 3. The summed E-state index contributed by atoms with van der Waals surface area (Å²) in [5.74, 6) is -1.57. The van der Waals surface area contributed by atoms with Gasteiger partial charge in [-0.05, 0) is 180 Å². The number of aliphatic hydroxyl groups excluding tert-OH is 1. The second-order valence-electron chi connectivity index (χ2n) is 21.8. The Labute approximate surface area is 452 Å². The first-order valence-electron chi connectivity index (χ1n) is 27.6. The third kappa shape index (κ3) is 10.5. The maximum atomic E-state index is 15.7. The largest absolute Gasteiger partial charge is 0.508 e. The quantitative estimate of drug-likeness (QED) is 0.0433. The number of rotatable bonds is 17. The number of aryl methyl sites for hydroxylation is 1. The van der Waals surface area contributed by atoms with Gasteiger partial charge in [0.1, 0.15) is 18.0 Å². The molecule has 2 saturated carbocycles. The third-order valence-electron chi connectivity index (χ3n) is 17.5. The van der Waals surface area contributed by atoms with Crippen LogP contribution in [-0.2, 0) is 48.6 Å². The predicted octanol–water partition coefficient (Wildman–Crippen LogP) is 11.6. The molecule has 0 bridgehead atoms. The van der Waals surface area contributed by atoms with Crippen molar-refractivity contribution in [2.75, 3.05) is 40.6 Å². The number of ether oxygens (including phenoxy) is 5. The molecule has 6 aromatic carbocycles. The molecule has 0 amide bonds. The Kier molecular flexibility index (Phi) is 16.0. The van der Waals surface area contributed by atoms with Crippen LogP contribution in [-0.4, -0.2) is 85.2 Å². The van der Waals surface area contributed by atoms with Crippen LogP contribution in [0.5, 0.6) is 28.7 Å². The van der Waals surface area contributed by atoms with E-state index in [4.69, 9.17) is 23.7 Å². The van der Waals surface area contributed by atoms with Gasteiger partial charge >= 0.3 is 11.9 Å². The number of carbonyl (C=O) groups excluding carboxylic acids is 2. The molecule has 7 atom stereocenters. The number of hydrogen-bond donors (Lipinski definition) is 5. The standard InChI is InChI=1S/C65H73NO11/c1-5-75-26-12-25-66-38-42-15-11-16-43(27-42)51-33-48(69)28-44-17-19-47(32-50(44)51)64(22-9-10-23-64)63(72)77-49-34-54-52-37-62(74-4)58(70)30-45(52)18-20-55(54)65(24-21-41-13-7-6-8-14-41)56(60(35-49)76-40(2)68)29-46-31-61(73-3)59(71)36-53(46)57(65)39-67/h6-8,11,13-17,19,21,24,27-28,30-33,36-37,49,54-57,60,66-67,69-71H,5,9-10,12,18,20,22-23,25-26,29,34-35,38-39H2,1-4H3/b24-21+/t49-,54+,55+,56+,57+,60+,65+/m0/s1. The summed E-state index contributed by atoms with van der Waals surface area (Å²) < 4.78 is 30.6. The lowest BCUT2D eigenvalue weighted by atomic mass is 9.46. The lowest BCUT2D eigenvalue weighted by Gasteiger charge is -2.59. The summed E-state index contributed by atoms with van der Waals surface area (Å²) in [6.45, 7) is 6.06. The topological polar surface area (TPSA) is 173 Å². The Morgan fingerprint density at radius 1 is 0.792 bits per heavy atom. The SMILES string of the molecule is CCOCCCNCc1cccc(-c2cc(O)cc3ccc(C4(C(=O)O[C@H]5C[C@@H]6c7cc(OC)c(O)cc7CC[C@H]6[C@@]6(/C=C/c7ccccc7)[C@H](CO)c7cc(O)c(OC)cc7C[C@@H]6[C@H](OC(C)=O)C5)CCCC4)cc23)c1. The third-order valence-corrected chi connectivity index (χ3v) is 17.5. The van der Waals surface area contributed by atoms with Crippen LogP contribution in [0.1, 0.15) is 116 Å². The molecule has 0 unspecified atom stereocenters. The van der Waals surface area contributed by atoms with Gasteiger partial charge in [0.25, 0.3) is 0 Å². The number of nitrogens with one attached hydrogen (secondary N) is 1. The summed E-state index contributed by atoms with van der Waals surface area (Å²) in [7, 11) is 3.05. The fourth-order valence-corrected chi connectivity index (χ4v) is 14.1. The van der Waals surface area contributed by atoms with Gasteiger partial charge in [-0.25, -0.2) is 0 Å². The van der Waals surface area contributed by atoms with E-state index in [0.29, 0.717) is 69.8 Å². The molecule has 6 aromatic rings. The van der Waals surface area contributed by atoms with Crippen molar-refractivity contribution in [1.82, 2.24) is 5.32 Å². The fraction of sp³-hybridized carbons (Fsp3) is 0.415. The van der Waals surface area contributed by atoms with Crippen LogP contribution >= 0.6 is 0 Å². The van der Waals surface area contributed by atoms with Gasteiger partial charge in [0, 0.05) is 50.4 Å². The number of aromatic hydroxyl groups is 3. The molecule has 0 spiro atoms. The molecule has 12 heteroatoms. The smallest absolute Gasteiger partial charge is 0.316 e. The molecule has 0 aliphatic heterocycles. The zero-order valence-electron chi connectivity index (χ0n) is 44.8. The Hall–Kier alpha value is -6.86. The highest BCUT2D eigenvalue weighted by atomic mass is 16.6. The van der Waals surface area contributed by atoms with E-state index >= 15 is 4.79 Å². The summed E-state index contributed by atoms with van der Waals surface area (Å²) in [5.41, 5.74) is 6.46. The van der Waals surface area contributed by atoms with Crippen LogP contribution in [0.4, 0.5) is 0 Å². The second-order valence-corrected chi connectivity index (χ2v) is 21.8. The van der Waals surface area contributed by atoms with Crippen molar-refractivity contribution < 1.29 is 53.7 Å². The lowest BCUT2D eigenvalue weighted by molar-refractivity contribution is -0.169. The van der Waals surface area contributed by atoms with Crippen LogP contribution in [0.15, 0.2) is 115 Å². The molecular weight excluding hydrogens is 971 g/mol. The fourth-order valence-electron chi connectivity index (χ4n) is 14.1. The Balaban J connectivity index is 1.08. The van der Waals surface area contributed by atoms with Crippen molar-refractivity contribution in [3.05, 3.63) is 154 Å². The maximum absolute atomic E-state index is 15.7. The van der Waals surface area contributed by atoms with Gasteiger partial charge in [0.15, 0.2) is 23.0 Å². The highest BCUT2D eigenvalue weighted by Crippen LogP contribution is 2.65. The number of fused-ring (bicyclic) bond motifs is 7. The second kappa shape index (κ2) is 23.0. The number of phenols is 3. The normalized spacial score (nSPS) is 23.4. The molecule has 0 saturated heterocycles. The van der Waals surface area contributed by atoms with Crippen LogP contribution in [0, 0.1) is 17.3 Å². The zero-order chi connectivity index (χ0) is 53.8. The average Bonchev–Trinajstić information content (AvgIpc) is 4.08. The van der Waals surface area contributed by atoms with Gasteiger partial charge in [0.2, 0.25) is 0 Å². The summed E-state index contributed by atoms with van der Waals surface area (Å²) in [5, 5.41) is 51.0. The average molecular weight is 1040 g/mol. The molecule has 0 heterocycles. The molecule has 2 fully saturated rings. The number of hydrogen-bond acceptors (Lipinski definition) is 12. The number of allylic oxidation sites excluding steroid dienone is 1. The van der Waals surface area contributed by atoms with Crippen molar-refractivity contribution in [1.29, 1.82) is 0 Å². The summed E-state index contributed by atoms with van der Waals surface area (Å²) in [6.07, 6.45) is 8.76. The number of aliphatic hydroxyl groups is 1. The van der Waals surface area contributed by atoms with Gasteiger partial charge < -0.3 is 49.4 Å². The number of benzene rings is 6. The van der Waals surface area contributed by atoms with Gasteiger partial charge in [-0.3, -0.25) is 9.59 Å². The van der Waals surface area contributed by atoms with E-state index in [0.717, 1.165) is 86.7 Å². The zero-order valence-corrected chi connectivity index (χ0v) is 44.8. The van der Waals surface area contributed by atoms with E-state index < -0.39 is 40.8 Å². The number of esters is 2. The van der Waals surface area contributed by atoms with E-state index in [1.54, 1.807) is 24.3 Å². The van der Waals surface area contributed by atoms with Gasteiger partial charge in [-0.1, -0.05) is 85.7 Å². The molecular formula is C65H73NO11. The molecule has 0 radical (unpaired) electrons. The number of methoxy groups -OCH3 is 2. The first-order valence-corrected chi connectivity index (χ1v) is 27.6. The van der Waals surface area contributed by atoms with E-state index in [-0.39, 0.29) is 48.1 Å². The van der Waals surface area contributed by atoms with Crippen molar-refractivity contribution >= 4 is 28.8 Å². The maximum Gasteiger partial charge on any atom is 0.316 e. The molecule has 77 heavy (non-hydrogen) atoms. The summed E-state index contributed by atoms with van der Waals surface area (Å²) in [6, 6.07) is 35.3. The summed E-state index contributed by atoms with van der Waals surface area (Å²) in [4.78, 5) is 29.3. The lowest BCUT2D eigenvalue weighted by Crippen LogP contribution is -2.56. The van der Waals surface area contributed by atoms with Gasteiger partial charge in [-0.15, -0.1) is 0 Å². The first kappa shape index (κ1) is 53.5. The van der Waals surface area contributed by atoms with Crippen LogP contribution < -0.4 is 14.8 Å². The van der Waals surface area contributed by atoms with E-state index in [9.17, 15) is 25.2 Å². The van der Waals surface area contributed by atoms with E-state index in [1.165, 1.54) is 21.1 Å². The molecule has 5 N–H and O–H groups in total. The number of carbonyl (C=O) groups is 2. The van der Waals surface area contributed by atoms with Crippen LogP contribution in [0.2, 0.25) is 0 Å². The minimum Gasteiger partial charge on any atom is -0.508 e. The van der Waals surface area contributed by atoms with Gasteiger partial charge in [-0.2, -0.15) is 0 Å². The minimum absolute atomic E-state index is 0.0332. The Morgan fingerprint density at radius 2 is 1.57 bits per heavy atom. The molecule has 404 valence electrons. The van der Waals surface area contributed by atoms with Crippen molar-refractivity contribution in [3.63, 3.8) is 0 Å². The van der Waals surface area contributed by atoms with E-state index in [1.807, 2.05) is 67.6 Å². The van der Waals surface area contributed by atoms with Crippen molar-refractivity contribution in [2.24, 2.45) is 17.3 Å². The molecule has 0 aromatic heterocycles. The van der Waals surface area contributed by atoms with Crippen LogP contribution in [0.25, 0.3) is 28.0 Å². The molecule has 4 aliphatic carbocycles. The van der Waals surface area contributed by atoms with Crippen molar-refractivity contribution in [2.45, 2.75) is 114 Å². The predicted molar refractivity (Wildman–Crippen MR) is 297 cm³/mol. The highest BCUT2D eigenvalue weighted by molar-refractivity contribution is 5.99. The van der Waals surface area contributed by atoms with Gasteiger partial charge in [0.05, 0.1) is 26.2 Å². The minimum atomic E-state index is -0.985. The molecule has 4 aliphatic rings. The van der Waals surface area contributed by atoms with Crippen molar-refractivity contribution in [3.8, 4) is 39.9 Å². The Bertz CT molecular complexity index is 3130.